The maximum Gasteiger partial charge on any atom is 0.102 e. The molecule has 1 aromatic carbocycles. The van der Waals surface area contributed by atoms with Crippen LogP contribution in [0.5, 0.6) is 0 Å². The molecule has 0 saturated heterocycles. The molecule has 2 rings (SSSR count). The largest absolute Gasteiger partial charge is 0.386 e. The molecule has 1 aromatic rings. The van der Waals surface area contributed by atoms with Crippen molar-refractivity contribution in [3.8, 4) is 0 Å². The highest BCUT2D eigenvalue weighted by Gasteiger charge is 2.17. The van der Waals surface area contributed by atoms with Gasteiger partial charge in [-0.1, -0.05) is 57.4 Å². The third-order valence-electron chi connectivity index (χ3n) is 4.18. The van der Waals surface area contributed by atoms with Gasteiger partial charge in [-0.25, -0.2) is 0 Å². The van der Waals surface area contributed by atoms with Gasteiger partial charge in [0.2, 0.25) is 0 Å². The average Bonchev–Trinajstić information content (AvgIpc) is 2.36. The summed E-state index contributed by atoms with van der Waals surface area (Å²) in [5.74, 6) is 1.54. The summed E-state index contributed by atoms with van der Waals surface area (Å²) in [5.41, 5.74) is 2.29. The van der Waals surface area contributed by atoms with Crippen LogP contribution in [0.1, 0.15) is 56.8 Å². The van der Waals surface area contributed by atoms with Gasteiger partial charge in [-0.05, 0) is 35.8 Å². The van der Waals surface area contributed by atoms with Crippen molar-refractivity contribution in [3.63, 3.8) is 0 Å². The molecule has 1 aliphatic rings. The molecule has 1 aliphatic carbocycles. The lowest BCUT2D eigenvalue weighted by atomic mass is 9.83. The quantitative estimate of drug-likeness (QED) is 0.724. The summed E-state index contributed by atoms with van der Waals surface area (Å²) in [7, 11) is 0. The first-order valence-corrected chi connectivity index (χ1v) is 8.00. The Bertz CT molecular complexity index is 379. The van der Waals surface area contributed by atoms with Gasteiger partial charge in [-0.15, -0.1) is 0 Å². The second kappa shape index (κ2) is 7.80. The maximum atomic E-state index is 10.1. The topological polar surface area (TPSA) is 29.5 Å². The zero-order valence-corrected chi connectivity index (χ0v) is 12.8. The van der Waals surface area contributed by atoms with Crippen molar-refractivity contribution < 1.29 is 9.84 Å². The standard InChI is InChI=1S/C18H28O2/c1-14(2)12-16-6-8-17(9-7-16)18(19)13-20-11-10-15-4-3-5-15/h6-9,14-15,18-19H,3-5,10-13H2,1-2H3. The smallest absolute Gasteiger partial charge is 0.102 e. The van der Waals surface area contributed by atoms with E-state index in [0.29, 0.717) is 12.5 Å². The number of aliphatic hydroxyl groups excluding tert-OH is 1. The summed E-state index contributed by atoms with van der Waals surface area (Å²) >= 11 is 0. The molecule has 1 N–H and O–H groups in total. The summed E-state index contributed by atoms with van der Waals surface area (Å²) in [4.78, 5) is 0. The van der Waals surface area contributed by atoms with Gasteiger partial charge in [0, 0.05) is 6.61 Å². The molecule has 0 bridgehead atoms. The third kappa shape index (κ3) is 4.92. The van der Waals surface area contributed by atoms with E-state index in [1.165, 1.54) is 24.8 Å². The lowest BCUT2D eigenvalue weighted by molar-refractivity contribution is 0.0266. The molecule has 1 saturated carbocycles. The zero-order valence-electron chi connectivity index (χ0n) is 12.8. The van der Waals surface area contributed by atoms with E-state index in [0.717, 1.165) is 30.9 Å². The van der Waals surface area contributed by atoms with Crippen LogP contribution in [-0.2, 0) is 11.2 Å². The first-order valence-electron chi connectivity index (χ1n) is 8.00. The summed E-state index contributed by atoms with van der Waals surface area (Å²) in [6.07, 6.45) is 5.86. The molecular weight excluding hydrogens is 248 g/mol. The summed E-state index contributed by atoms with van der Waals surface area (Å²) in [6.45, 7) is 5.64. The van der Waals surface area contributed by atoms with Gasteiger partial charge in [0.25, 0.3) is 0 Å². The molecule has 2 nitrogen and oxygen atoms in total. The fourth-order valence-corrected chi connectivity index (χ4v) is 2.67. The van der Waals surface area contributed by atoms with Crippen LogP contribution in [0.4, 0.5) is 0 Å². The van der Waals surface area contributed by atoms with E-state index >= 15 is 0 Å². The molecule has 0 heterocycles. The van der Waals surface area contributed by atoms with Crippen LogP contribution in [0.3, 0.4) is 0 Å². The van der Waals surface area contributed by atoms with Gasteiger partial charge in [0.1, 0.15) is 6.10 Å². The average molecular weight is 276 g/mol. The van der Waals surface area contributed by atoms with Crippen molar-refractivity contribution in [1.82, 2.24) is 0 Å². The second-order valence-electron chi connectivity index (χ2n) is 6.52. The molecule has 20 heavy (non-hydrogen) atoms. The number of rotatable bonds is 8. The van der Waals surface area contributed by atoms with Crippen LogP contribution in [0.2, 0.25) is 0 Å². The minimum atomic E-state index is -0.496. The third-order valence-corrected chi connectivity index (χ3v) is 4.18. The normalized spacial score (nSPS) is 17.2. The lowest BCUT2D eigenvalue weighted by Gasteiger charge is -2.25. The molecule has 0 aliphatic heterocycles. The van der Waals surface area contributed by atoms with E-state index in [2.05, 4.69) is 26.0 Å². The van der Waals surface area contributed by atoms with Crippen LogP contribution in [0, 0.1) is 11.8 Å². The maximum absolute atomic E-state index is 10.1. The van der Waals surface area contributed by atoms with Crippen LogP contribution >= 0.6 is 0 Å². The van der Waals surface area contributed by atoms with E-state index in [9.17, 15) is 5.11 Å². The molecule has 0 radical (unpaired) electrons. The van der Waals surface area contributed by atoms with Gasteiger partial charge in [0.05, 0.1) is 6.61 Å². The Morgan fingerprint density at radius 1 is 1.20 bits per heavy atom. The monoisotopic (exact) mass is 276 g/mol. The number of ether oxygens (including phenoxy) is 1. The Kier molecular flexibility index (Phi) is 6.06. The first kappa shape index (κ1) is 15.5. The highest BCUT2D eigenvalue weighted by Crippen LogP contribution is 2.29. The van der Waals surface area contributed by atoms with E-state index in [1.807, 2.05) is 12.1 Å². The van der Waals surface area contributed by atoms with Crippen LogP contribution < -0.4 is 0 Å². The molecule has 1 unspecified atom stereocenters. The van der Waals surface area contributed by atoms with Gasteiger partial charge in [-0.3, -0.25) is 0 Å². The molecule has 0 amide bonds. The number of hydrogen-bond donors (Lipinski definition) is 1. The van der Waals surface area contributed by atoms with Gasteiger partial charge >= 0.3 is 0 Å². The molecule has 2 heteroatoms. The Labute approximate surface area is 123 Å². The summed E-state index contributed by atoms with van der Waals surface area (Å²) in [6, 6.07) is 8.29. The van der Waals surface area contributed by atoms with Crippen molar-refractivity contribution in [2.24, 2.45) is 11.8 Å². The van der Waals surface area contributed by atoms with Gasteiger partial charge < -0.3 is 9.84 Å². The van der Waals surface area contributed by atoms with Gasteiger partial charge in [0.15, 0.2) is 0 Å². The fourth-order valence-electron chi connectivity index (χ4n) is 2.67. The number of hydrogen-bond acceptors (Lipinski definition) is 2. The van der Waals surface area contributed by atoms with E-state index in [-0.39, 0.29) is 0 Å². The van der Waals surface area contributed by atoms with Crippen molar-refractivity contribution in [2.75, 3.05) is 13.2 Å². The molecule has 1 atom stereocenters. The molecule has 1 fully saturated rings. The van der Waals surface area contributed by atoms with E-state index in [1.54, 1.807) is 0 Å². The Balaban J connectivity index is 1.69. The van der Waals surface area contributed by atoms with Crippen molar-refractivity contribution in [2.45, 2.75) is 52.1 Å². The van der Waals surface area contributed by atoms with Gasteiger partial charge in [-0.2, -0.15) is 0 Å². The predicted molar refractivity (Wildman–Crippen MR) is 82.7 cm³/mol. The highest BCUT2D eigenvalue weighted by molar-refractivity contribution is 5.24. The fraction of sp³-hybridized carbons (Fsp3) is 0.667. The summed E-state index contributed by atoms with van der Waals surface area (Å²) in [5, 5.41) is 10.1. The minimum absolute atomic E-state index is 0.413. The zero-order chi connectivity index (χ0) is 14.4. The molecule has 0 aromatic heterocycles. The second-order valence-corrected chi connectivity index (χ2v) is 6.52. The molecular formula is C18H28O2. The summed E-state index contributed by atoms with van der Waals surface area (Å²) < 4.78 is 5.60. The number of aliphatic hydroxyl groups is 1. The highest BCUT2D eigenvalue weighted by atomic mass is 16.5. The first-order chi connectivity index (χ1) is 9.65. The molecule has 112 valence electrons. The van der Waals surface area contributed by atoms with E-state index in [4.69, 9.17) is 4.74 Å². The molecule has 0 spiro atoms. The Morgan fingerprint density at radius 2 is 1.90 bits per heavy atom. The van der Waals surface area contributed by atoms with E-state index < -0.39 is 6.10 Å². The number of benzene rings is 1. The Morgan fingerprint density at radius 3 is 2.45 bits per heavy atom. The minimum Gasteiger partial charge on any atom is -0.386 e. The van der Waals surface area contributed by atoms with Crippen LogP contribution in [0.25, 0.3) is 0 Å². The van der Waals surface area contributed by atoms with Crippen molar-refractivity contribution in [1.29, 1.82) is 0 Å². The van der Waals surface area contributed by atoms with Crippen molar-refractivity contribution in [3.05, 3.63) is 35.4 Å². The Hall–Kier alpha value is -0.860. The lowest BCUT2D eigenvalue weighted by Crippen LogP contribution is -2.15. The van der Waals surface area contributed by atoms with Crippen LogP contribution in [-0.4, -0.2) is 18.3 Å². The SMILES string of the molecule is CC(C)Cc1ccc(C(O)COCCC2CCC2)cc1. The van der Waals surface area contributed by atoms with Crippen molar-refractivity contribution >= 4 is 0 Å². The van der Waals surface area contributed by atoms with Crippen LogP contribution in [0.15, 0.2) is 24.3 Å². The predicted octanol–water partition coefficient (Wildman–Crippen LogP) is 4.13.